The van der Waals surface area contributed by atoms with Crippen molar-refractivity contribution >= 4 is 26.8 Å². The molecule has 1 aliphatic heterocycles. The molecule has 1 saturated heterocycles. The van der Waals surface area contributed by atoms with E-state index >= 15 is 0 Å². The quantitative estimate of drug-likeness (QED) is 0.863. The number of carbonyl (C=O) groups excluding carboxylic acids is 1. The predicted octanol–water partition coefficient (Wildman–Crippen LogP) is 0.401. The Morgan fingerprint density at radius 2 is 2.12 bits per heavy atom. The largest absolute Gasteiger partial charge is 0.336 e. The van der Waals surface area contributed by atoms with Gasteiger partial charge in [0, 0.05) is 31.9 Å². The van der Waals surface area contributed by atoms with Gasteiger partial charge < -0.3 is 14.8 Å². The number of aromatic nitrogens is 2. The number of hydrogen-bond acceptors (Lipinski definition) is 5. The van der Waals surface area contributed by atoms with E-state index in [1.165, 1.54) is 6.26 Å². The highest BCUT2D eigenvalue weighted by molar-refractivity contribution is 7.89. The first-order chi connectivity index (χ1) is 11.3. The summed E-state index contributed by atoms with van der Waals surface area (Å²) in [5, 5.41) is 3.26. The minimum Gasteiger partial charge on any atom is -0.336 e. The minimum atomic E-state index is -3.24. The highest BCUT2D eigenvalue weighted by Gasteiger charge is 2.25. The van der Waals surface area contributed by atoms with Crippen LogP contribution in [0.4, 0.5) is 0 Å². The lowest BCUT2D eigenvalue weighted by Crippen LogP contribution is -2.53. The van der Waals surface area contributed by atoms with Crippen molar-refractivity contribution in [3.8, 4) is 0 Å². The standard InChI is InChI=1S/C16H22N4O3S/c1-12-9-17-7-8-19(12)16(21)10-20-14-6-4-3-5-13(14)18-15(20)11-24(2,22)23/h3-6,12,17H,7-11H2,1-2H3. The first-order valence-electron chi connectivity index (χ1n) is 7.97. The van der Waals surface area contributed by atoms with Gasteiger partial charge in [-0.25, -0.2) is 13.4 Å². The van der Waals surface area contributed by atoms with Crippen molar-refractivity contribution in [3.63, 3.8) is 0 Å². The van der Waals surface area contributed by atoms with E-state index in [0.717, 1.165) is 18.6 Å². The van der Waals surface area contributed by atoms with Crippen molar-refractivity contribution in [1.82, 2.24) is 19.8 Å². The van der Waals surface area contributed by atoms with E-state index in [9.17, 15) is 13.2 Å². The SMILES string of the molecule is CC1CNCCN1C(=O)Cn1c(CS(C)(=O)=O)nc2ccccc21. The molecule has 1 fully saturated rings. The zero-order valence-corrected chi connectivity index (χ0v) is 14.7. The predicted molar refractivity (Wildman–Crippen MR) is 92.3 cm³/mol. The number of amides is 1. The molecule has 0 spiro atoms. The highest BCUT2D eigenvalue weighted by atomic mass is 32.2. The van der Waals surface area contributed by atoms with E-state index in [0.29, 0.717) is 17.9 Å². The number of imidazole rings is 1. The lowest BCUT2D eigenvalue weighted by molar-refractivity contribution is -0.134. The van der Waals surface area contributed by atoms with E-state index in [1.54, 1.807) is 4.57 Å². The zero-order chi connectivity index (χ0) is 17.3. The van der Waals surface area contributed by atoms with Gasteiger partial charge in [-0.3, -0.25) is 4.79 Å². The maximum absolute atomic E-state index is 12.7. The van der Waals surface area contributed by atoms with Gasteiger partial charge in [0.15, 0.2) is 9.84 Å². The summed E-state index contributed by atoms with van der Waals surface area (Å²) in [4.78, 5) is 19.0. The Kier molecular flexibility index (Phi) is 4.60. The van der Waals surface area contributed by atoms with E-state index < -0.39 is 9.84 Å². The Morgan fingerprint density at radius 3 is 2.83 bits per heavy atom. The van der Waals surface area contributed by atoms with Crippen LogP contribution >= 0.6 is 0 Å². The number of sulfone groups is 1. The van der Waals surface area contributed by atoms with Crippen LogP contribution in [-0.4, -0.2) is 60.7 Å². The van der Waals surface area contributed by atoms with Gasteiger partial charge in [-0.15, -0.1) is 0 Å². The average Bonchev–Trinajstić information content (AvgIpc) is 2.83. The van der Waals surface area contributed by atoms with E-state index in [1.807, 2.05) is 36.1 Å². The molecule has 130 valence electrons. The number of hydrogen-bond donors (Lipinski definition) is 1. The summed E-state index contributed by atoms with van der Waals surface area (Å²) < 4.78 is 25.2. The summed E-state index contributed by atoms with van der Waals surface area (Å²) in [5.41, 5.74) is 1.49. The summed E-state index contributed by atoms with van der Waals surface area (Å²) in [6, 6.07) is 7.53. The number of fused-ring (bicyclic) bond motifs is 1. The monoisotopic (exact) mass is 350 g/mol. The van der Waals surface area contributed by atoms with Crippen LogP contribution in [0.25, 0.3) is 11.0 Å². The van der Waals surface area contributed by atoms with Gasteiger partial charge in [-0.1, -0.05) is 12.1 Å². The van der Waals surface area contributed by atoms with Crippen molar-refractivity contribution < 1.29 is 13.2 Å². The molecule has 0 radical (unpaired) electrons. The summed E-state index contributed by atoms with van der Waals surface area (Å²) >= 11 is 0. The van der Waals surface area contributed by atoms with Crippen molar-refractivity contribution in [2.75, 3.05) is 25.9 Å². The molecule has 1 atom stereocenters. The lowest BCUT2D eigenvalue weighted by atomic mass is 10.2. The Morgan fingerprint density at radius 1 is 1.38 bits per heavy atom. The molecule has 1 unspecified atom stereocenters. The molecule has 0 saturated carbocycles. The molecular weight excluding hydrogens is 328 g/mol. The van der Waals surface area contributed by atoms with Crippen LogP contribution in [-0.2, 0) is 26.9 Å². The Bertz CT molecular complexity index is 859. The number of carbonyl (C=O) groups is 1. The topological polar surface area (TPSA) is 84.3 Å². The molecule has 1 amide bonds. The van der Waals surface area contributed by atoms with Gasteiger partial charge in [0.25, 0.3) is 0 Å². The second-order valence-corrected chi connectivity index (χ2v) is 8.45. The van der Waals surface area contributed by atoms with Crippen molar-refractivity contribution in [2.45, 2.75) is 25.3 Å². The minimum absolute atomic E-state index is 0.0121. The molecule has 8 heteroatoms. The van der Waals surface area contributed by atoms with Gasteiger partial charge in [0.05, 0.1) is 11.0 Å². The Labute approximate surface area is 141 Å². The normalized spacial score (nSPS) is 18.9. The maximum atomic E-state index is 12.7. The molecule has 1 aliphatic rings. The van der Waals surface area contributed by atoms with Gasteiger partial charge >= 0.3 is 0 Å². The summed E-state index contributed by atoms with van der Waals surface area (Å²) in [5.74, 6) is 0.225. The zero-order valence-electron chi connectivity index (χ0n) is 13.9. The number of rotatable bonds is 4. The van der Waals surface area contributed by atoms with Crippen molar-refractivity contribution in [1.29, 1.82) is 0 Å². The van der Waals surface area contributed by atoms with Gasteiger partial charge in [0.2, 0.25) is 5.91 Å². The van der Waals surface area contributed by atoms with Crippen LogP contribution in [0.5, 0.6) is 0 Å². The number of para-hydroxylation sites is 2. The number of benzene rings is 1. The average molecular weight is 350 g/mol. The summed E-state index contributed by atoms with van der Waals surface area (Å²) in [6.45, 7) is 4.32. The molecule has 1 aromatic heterocycles. The molecule has 1 aromatic carbocycles. The third-order valence-corrected chi connectivity index (χ3v) is 5.02. The van der Waals surface area contributed by atoms with Crippen LogP contribution < -0.4 is 5.32 Å². The van der Waals surface area contributed by atoms with Gasteiger partial charge in [-0.05, 0) is 19.1 Å². The fourth-order valence-corrected chi connectivity index (χ4v) is 3.77. The molecular formula is C16H22N4O3S. The number of nitrogens with zero attached hydrogens (tertiary/aromatic N) is 3. The molecule has 3 rings (SSSR count). The van der Waals surface area contributed by atoms with E-state index in [2.05, 4.69) is 10.3 Å². The lowest BCUT2D eigenvalue weighted by Gasteiger charge is -2.34. The van der Waals surface area contributed by atoms with Crippen LogP contribution in [0.15, 0.2) is 24.3 Å². The van der Waals surface area contributed by atoms with Crippen molar-refractivity contribution in [2.24, 2.45) is 0 Å². The summed E-state index contributed by atoms with van der Waals surface area (Å²) in [6.07, 6.45) is 1.18. The van der Waals surface area contributed by atoms with E-state index in [4.69, 9.17) is 0 Å². The fourth-order valence-electron chi connectivity index (χ4n) is 3.08. The number of nitrogens with one attached hydrogen (secondary N) is 1. The van der Waals surface area contributed by atoms with Crippen LogP contribution in [0.1, 0.15) is 12.7 Å². The van der Waals surface area contributed by atoms with Crippen molar-refractivity contribution in [3.05, 3.63) is 30.1 Å². The molecule has 1 N–H and O–H groups in total. The Balaban J connectivity index is 1.94. The third-order valence-electron chi connectivity index (χ3n) is 4.24. The highest BCUT2D eigenvalue weighted by Crippen LogP contribution is 2.18. The smallest absolute Gasteiger partial charge is 0.242 e. The van der Waals surface area contributed by atoms with Gasteiger partial charge in [0.1, 0.15) is 18.1 Å². The maximum Gasteiger partial charge on any atom is 0.242 e. The van der Waals surface area contributed by atoms with Crippen LogP contribution in [0.2, 0.25) is 0 Å². The van der Waals surface area contributed by atoms with Crippen LogP contribution in [0.3, 0.4) is 0 Å². The Hall–Kier alpha value is -1.93. The molecule has 7 nitrogen and oxygen atoms in total. The van der Waals surface area contributed by atoms with E-state index in [-0.39, 0.29) is 24.2 Å². The van der Waals surface area contributed by atoms with Crippen LogP contribution in [0, 0.1) is 0 Å². The first-order valence-corrected chi connectivity index (χ1v) is 10.0. The molecule has 24 heavy (non-hydrogen) atoms. The summed E-state index contributed by atoms with van der Waals surface area (Å²) in [7, 11) is -3.24. The fraction of sp³-hybridized carbons (Fsp3) is 0.500. The van der Waals surface area contributed by atoms with Gasteiger partial charge in [-0.2, -0.15) is 0 Å². The number of piperazine rings is 1. The molecule has 0 bridgehead atoms. The molecule has 2 heterocycles. The third kappa shape index (κ3) is 3.59. The molecule has 0 aliphatic carbocycles. The molecule has 2 aromatic rings. The first kappa shape index (κ1) is 16.9. The second kappa shape index (κ2) is 6.52. The second-order valence-electron chi connectivity index (χ2n) is 6.31.